The molecule has 0 aliphatic carbocycles. The third kappa shape index (κ3) is 6.40. The minimum Gasteiger partial charge on any atom is -0.462 e. The molecule has 39 heavy (non-hydrogen) atoms. The van der Waals surface area contributed by atoms with Crippen LogP contribution in [0.3, 0.4) is 0 Å². The van der Waals surface area contributed by atoms with Gasteiger partial charge in [-0.3, -0.25) is 9.52 Å². The van der Waals surface area contributed by atoms with Gasteiger partial charge in [0.25, 0.3) is 5.91 Å². The van der Waals surface area contributed by atoms with Crippen LogP contribution in [-0.2, 0) is 4.74 Å². The van der Waals surface area contributed by atoms with Crippen molar-refractivity contribution in [2.45, 2.75) is 45.4 Å². The lowest BCUT2D eigenvalue weighted by Gasteiger charge is -2.21. The molecule has 3 aromatic carbocycles. The molecule has 1 N–H and O–H groups in total. The number of ether oxygens (including phenoxy) is 1. The molecule has 4 aromatic rings. The number of carbonyl (C=O) groups excluding carboxylic acids is 2. The van der Waals surface area contributed by atoms with Crippen LogP contribution < -0.4 is 9.62 Å². The second-order valence-electron chi connectivity index (χ2n) is 9.12. The molecule has 1 heterocycles. The number of anilines is 1. The zero-order valence-electron chi connectivity index (χ0n) is 22.7. The number of halogens is 1. The van der Waals surface area contributed by atoms with E-state index in [-0.39, 0.29) is 18.1 Å². The second-order valence-corrected chi connectivity index (χ2v) is 10.4. The van der Waals surface area contributed by atoms with Gasteiger partial charge in [-0.2, -0.15) is 0 Å². The molecule has 0 saturated heterocycles. The van der Waals surface area contributed by atoms with Crippen molar-refractivity contribution in [2.75, 3.05) is 24.6 Å². The third-order valence-electron chi connectivity index (χ3n) is 6.28. The van der Waals surface area contributed by atoms with E-state index < -0.39 is 5.97 Å². The molecule has 0 aliphatic heterocycles. The van der Waals surface area contributed by atoms with Gasteiger partial charge in [0.05, 0.1) is 23.6 Å². The number of nitrogens with one attached hydrogen (secondary N) is 1. The van der Waals surface area contributed by atoms with Gasteiger partial charge < -0.3 is 9.64 Å². The summed E-state index contributed by atoms with van der Waals surface area (Å²) in [5.74, 6) is -0.171. The molecular weight excluding hydrogens is 532 g/mol. The van der Waals surface area contributed by atoms with Gasteiger partial charge in [-0.15, -0.1) is 5.10 Å². The van der Waals surface area contributed by atoms with Crippen LogP contribution in [-0.4, -0.2) is 41.4 Å². The maximum atomic E-state index is 13.1. The van der Waals surface area contributed by atoms with Crippen molar-refractivity contribution < 1.29 is 14.3 Å². The summed E-state index contributed by atoms with van der Waals surface area (Å²) >= 11 is 7.96. The number of benzene rings is 3. The fourth-order valence-corrected chi connectivity index (χ4v) is 5.29. The Bertz CT molecular complexity index is 1480. The largest absolute Gasteiger partial charge is 0.462 e. The molecule has 1 aromatic heterocycles. The zero-order chi connectivity index (χ0) is 27.9. The average molecular weight is 565 g/mol. The van der Waals surface area contributed by atoms with Gasteiger partial charge in [-0.1, -0.05) is 55.8 Å². The first kappa shape index (κ1) is 28.5. The van der Waals surface area contributed by atoms with Gasteiger partial charge in [-0.05, 0) is 79.7 Å². The SMILES string of the molecule is CCCN(CCC)c1nn(-c2ccc(C(=O)NSc3ccc4ccccc4c3)cc2C(=O)OCC)c(C)c1Cl. The summed E-state index contributed by atoms with van der Waals surface area (Å²) in [6.07, 6.45) is 1.91. The molecule has 0 atom stereocenters. The smallest absolute Gasteiger partial charge is 0.340 e. The van der Waals surface area contributed by atoms with Crippen molar-refractivity contribution in [1.82, 2.24) is 14.5 Å². The summed E-state index contributed by atoms with van der Waals surface area (Å²) in [5.41, 5.74) is 1.79. The third-order valence-corrected chi connectivity index (χ3v) is 7.50. The van der Waals surface area contributed by atoms with Crippen molar-refractivity contribution in [3.63, 3.8) is 0 Å². The predicted molar refractivity (Wildman–Crippen MR) is 159 cm³/mol. The molecule has 0 bridgehead atoms. The first-order valence-corrected chi connectivity index (χ1v) is 14.3. The molecule has 0 fully saturated rings. The molecule has 4 rings (SSSR count). The van der Waals surface area contributed by atoms with Crippen LogP contribution >= 0.6 is 23.5 Å². The minimum absolute atomic E-state index is 0.206. The number of hydrogen-bond acceptors (Lipinski definition) is 6. The van der Waals surface area contributed by atoms with Gasteiger partial charge in [0, 0.05) is 23.5 Å². The van der Waals surface area contributed by atoms with E-state index in [1.54, 1.807) is 29.8 Å². The van der Waals surface area contributed by atoms with E-state index in [2.05, 4.69) is 23.5 Å². The van der Waals surface area contributed by atoms with Gasteiger partial charge in [-0.25, -0.2) is 9.48 Å². The number of esters is 1. The van der Waals surface area contributed by atoms with E-state index in [9.17, 15) is 9.59 Å². The Morgan fingerprint density at radius 1 is 1.00 bits per heavy atom. The fraction of sp³-hybridized carbons (Fsp3) is 0.300. The molecular formula is C30H33ClN4O3S. The predicted octanol–water partition coefficient (Wildman–Crippen LogP) is 7.23. The van der Waals surface area contributed by atoms with Crippen molar-refractivity contribution in [3.05, 3.63) is 82.5 Å². The minimum atomic E-state index is -0.532. The molecule has 7 nitrogen and oxygen atoms in total. The Morgan fingerprint density at radius 2 is 1.72 bits per heavy atom. The lowest BCUT2D eigenvalue weighted by atomic mass is 10.1. The van der Waals surface area contributed by atoms with E-state index in [1.165, 1.54) is 11.9 Å². The molecule has 9 heteroatoms. The Balaban J connectivity index is 1.64. The van der Waals surface area contributed by atoms with E-state index in [0.29, 0.717) is 27.8 Å². The topological polar surface area (TPSA) is 76.5 Å². The summed E-state index contributed by atoms with van der Waals surface area (Å²) in [5, 5.41) is 7.56. The lowest BCUT2D eigenvalue weighted by Crippen LogP contribution is -2.25. The monoisotopic (exact) mass is 564 g/mol. The number of carbonyl (C=O) groups is 2. The van der Waals surface area contributed by atoms with Crippen LogP contribution in [0.1, 0.15) is 60.0 Å². The van der Waals surface area contributed by atoms with E-state index in [4.69, 9.17) is 21.4 Å². The second kappa shape index (κ2) is 13.0. The molecule has 0 unspecified atom stereocenters. The number of fused-ring (bicyclic) bond motifs is 1. The highest BCUT2D eigenvalue weighted by molar-refractivity contribution is 7.98. The average Bonchev–Trinajstić information content (AvgIpc) is 3.24. The number of amides is 1. The summed E-state index contributed by atoms with van der Waals surface area (Å²) in [6, 6.07) is 19.0. The van der Waals surface area contributed by atoms with E-state index in [1.807, 2.05) is 49.4 Å². The Morgan fingerprint density at radius 3 is 2.41 bits per heavy atom. The van der Waals surface area contributed by atoms with E-state index in [0.717, 1.165) is 41.6 Å². The van der Waals surface area contributed by atoms with Gasteiger partial charge in [0.1, 0.15) is 5.02 Å². The maximum absolute atomic E-state index is 13.1. The van der Waals surface area contributed by atoms with Crippen molar-refractivity contribution in [1.29, 1.82) is 0 Å². The molecule has 1 amide bonds. The van der Waals surface area contributed by atoms with Crippen LogP contribution in [0.2, 0.25) is 5.02 Å². The van der Waals surface area contributed by atoms with Crippen LogP contribution in [0.25, 0.3) is 16.5 Å². The number of nitrogens with zero attached hydrogens (tertiary/aromatic N) is 3. The molecule has 0 aliphatic rings. The molecule has 0 radical (unpaired) electrons. The lowest BCUT2D eigenvalue weighted by molar-refractivity contribution is 0.0526. The normalized spacial score (nSPS) is 11.0. The quantitative estimate of drug-likeness (QED) is 0.153. The number of aromatic nitrogens is 2. The fourth-order valence-electron chi connectivity index (χ4n) is 4.40. The highest BCUT2D eigenvalue weighted by Crippen LogP contribution is 2.32. The van der Waals surface area contributed by atoms with Crippen LogP contribution in [0, 0.1) is 6.92 Å². The molecule has 0 saturated carbocycles. The summed E-state index contributed by atoms with van der Waals surface area (Å²) in [4.78, 5) is 29.2. The standard InChI is InChI=1S/C30H33ClN4O3S/c1-5-16-34(17-6-2)28-27(31)20(4)35(32-28)26-15-13-23(19-25(26)30(37)38-7-3)29(36)33-39-24-14-12-21-10-8-9-11-22(21)18-24/h8-15,18-19H,5-7,16-17H2,1-4H3,(H,33,36). The number of hydrogen-bond donors (Lipinski definition) is 1. The summed E-state index contributed by atoms with van der Waals surface area (Å²) < 4.78 is 9.88. The van der Waals surface area contributed by atoms with Crippen LogP contribution in [0.4, 0.5) is 5.82 Å². The van der Waals surface area contributed by atoms with Crippen LogP contribution in [0.5, 0.6) is 0 Å². The Kier molecular flexibility index (Phi) is 9.54. The first-order valence-electron chi connectivity index (χ1n) is 13.1. The Hall–Kier alpha value is -3.49. The zero-order valence-corrected chi connectivity index (χ0v) is 24.2. The molecule has 0 spiro atoms. The van der Waals surface area contributed by atoms with Crippen molar-refractivity contribution >= 4 is 52.0 Å². The number of rotatable bonds is 11. The van der Waals surface area contributed by atoms with Gasteiger partial charge in [0.2, 0.25) is 0 Å². The summed E-state index contributed by atoms with van der Waals surface area (Å²) in [6.45, 7) is 9.69. The first-order chi connectivity index (χ1) is 18.9. The highest BCUT2D eigenvalue weighted by atomic mass is 35.5. The molecule has 204 valence electrons. The van der Waals surface area contributed by atoms with E-state index >= 15 is 0 Å². The van der Waals surface area contributed by atoms with Gasteiger partial charge in [0.15, 0.2) is 5.82 Å². The van der Waals surface area contributed by atoms with Crippen molar-refractivity contribution in [3.8, 4) is 5.69 Å². The maximum Gasteiger partial charge on any atom is 0.340 e. The highest BCUT2D eigenvalue weighted by Gasteiger charge is 2.24. The van der Waals surface area contributed by atoms with Crippen molar-refractivity contribution in [2.24, 2.45) is 0 Å². The Labute approximate surface area is 238 Å². The van der Waals surface area contributed by atoms with Gasteiger partial charge >= 0.3 is 5.97 Å². The van der Waals surface area contributed by atoms with Crippen LogP contribution in [0.15, 0.2) is 65.6 Å². The summed E-state index contributed by atoms with van der Waals surface area (Å²) in [7, 11) is 0.